The number of halogens is 2. The van der Waals surface area contributed by atoms with Gasteiger partial charge in [-0.15, -0.1) is 0 Å². The molecule has 0 bridgehead atoms. The van der Waals surface area contributed by atoms with E-state index >= 15 is 0 Å². The number of nitrogens with zero attached hydrogens (tertiary/aromatic N) is 1. The van der Waals surface area contributed by atoms with Crippen LogP contribution < -0.4 is 5.32 Å². The number of hydrogen-bond acceptors (Lipinski definition) is 3. The molecule has 1 amide bonds. The third kappa shape index (κ3) is 2.82. The van der Waals surface area contributed by atoms with Crippen molar-refractivity contribution in [2.45, 2.75) is 0 Å². The number of carbonyl (C=O) groups is 1. The normalized spacial score (nSPS) is 10.1. The second-order valence-corrected chi connectivity index (χ2v) is 4.95. The van der Waals surface area contributed by atoms with E-state index < -0.39 is 0 Å². The van der Waals surface area contributed by atoms with Crippen molar-refractivity contribution in [2.24, 2.45) is 0 Å². The van der Waals surface area contributed by atoms with Gasteiger partial charge in [0.1, 0.15) is 5.82 Å². The fourth-order valence-electron chi connectivity index (χ4n) is 1.06. The first-order valence-corrected chi connectivity index (χ1v) is 6.20. The number of rotatable bonds is 2. The van der Waals surface area contributed by atoms with Crippen LogP contribution in [0.1, 0.15) is 10.6 Å². The first-order valence-electron chi connectivity index (χ1n) is 4.33. The highest BCUT2D eigenvalue weighted by molar-refractivity contribution is 14.1. The van der Waals surface area contributed by atoms with E-state index in [1.54, 1.807) is 24.4 Å². The summed E-state index contributed by atoms with van der Waals surface area (Å²) in [5, 5.41) is 2.63. The molecule has 0 atom stereocenters. The molecule has 0 saturated heterocycles. The number of pyridine rings is 1. The first-order chi connectivity index (χ1) is 7.65. The molecule has 2 heterocycles. The predicted octanol–water partition coefficient (Wildman–Crippen LogP) is 3.29. The molecule has 0 radical (unpaired) electrons. The van der Waals surface area contributed by atoms with E-state index in [-0.39, 0.29) is 11.7 Å². The van der Waals surface area contributed by atoms with Crippen molar-refractivity contribution in [1.29, 1.82) is 0 Å². The highest BCUT2D eigenvalue weighted by Gasteiger charge is 2.10. The lowest BCUT2D eigenvalue weighted by Crippen LogP contribution is -2.11. The zero-order chi connectivity index (χ0) is 11.5. The van der Waals surface area contributed by atoms with E-state index in [4.69, 9.17) is 4.42 Å². The van der Waals surface area contributed by atoms with Crippen molar-refractivity contribution >= 4 is 50.2 Å². The third-order valence-corrected chi connectivity index (χ3v) is 2.83. The molecule has 16 heavy (non-hydrogen) atoms. The second kappa shape index (κ2) is 4.96. The Hall–Kier alpha value is -0.890. The van der Waals surface area contributed by atoms with E-state index in [9.17, 15) is 4.79 Å². The van der Waals surface area contributed by atoms with Crippen LogP contribution in [0.25, 0.3) is 0 Å². The van der Waals surface area contributed by atoms with E-state index in [0.29, 0.717) is 10.5 Å². The number of nitrogens with one attached hydrogen (secondary N) is 1. The molecule has 0 aliphatic carbocycles. The summed E-state index contributed by atoms with van der Waals surface area (Å²) < 4.78 is 6.65. The molecule has 82 valence electrons. The molecule has 0 aromatic carbocycles. The Morgan fingerprint density at radius 3 is 2.75 bits per heavy atom. The molecule has 2 aromatic rings. The van der Waals surface area contributed by atoms with Crippen LogP contribution in [0.4, 0.5) is 5.82 Å². The van der Waals surface area contributed by atoms with Gasteiger partial charge in [0.2, 0.25) is 0 Å². The van der Waals surface area contributed by atoms with Crippen molar-refractivity contribution in [3.63, 3.8) is 0 Å². The van der Waals surface area contributed by atoms with E-state index in [2.05, 4.69) is 48.8 Å². The zero-order valence-corrected chi connectivity index (χ0v) is 11.6. The molecule has 0 saturated carbocycles. The number of anilines is 1. The van der Waals surface area contributed by atoms with Crippen molar-refractivity contribution in [3.05, 3.63) is 44.5 Å². The van der Waals surface area contributed by atoms with Crippen molar-refractivity contribution in [3.8, 4) is 0 Å². The number of carbonyl (C=O) groups excluding carboxylic acids is 1. The maximum atomic E-state index is 11.6. The molecular weight excluding hydrogens is 387 g/mol. The fraction of sp³-hybridized carbons (Fsp3) is 0. The van der Waals surface area contributed by atoms with Gasteiger partial charge < -0.3 is 9.73 Å². The van der Waals surface area contributed by atoms with Crippen LogP contribution in [0.2, 0.25) is 0 Å². The first kappa shape index (κ1) is 11.6. The van der Waals surface area contributed by atoms with E-state index in [1.165, 1.54) is 0 Å². The van der Waals surface area contributed by atoms with Gasteiger partial charge in [0.05, 0.1) is 0 Å². The Balaban J connectivity index is 2.10. The average molecular weight is 393 g/mol. The summed E-state index contributed by atoms with van der Waals surface area (Å²) in [5.41, 5.74) is 0. The summed E-state index contributed by atoms with van der Waals surface area (Å²) in [6.07, 6.45) is 1.67. The maximum Gasteiger partial charge on any atom is 0.292 e. The van der Waals surface area contributed by atoms with E-state index in [0.717, 1.165) is 3.57 Å². The largest absolute Gasteiger partial charge is 0.444 e. The Morgan fingerprint density at radius 2 is 2.19 bits per heavy atom. The minimum absolute atomic E-state index is 0.243. The molecule has 0 spiro atoms. The molecule has 0 unspecified atom stereocenters. The quantitative estimate of drug-likeness (QED) is 0.798. The summed E-state index contributed by atoms with van der Waals surface area (Å²) in [5.74, 6) is 0.421. The van der Waals surface area contributed by atoms with Crippen LogP contribution >= 0.6 is 38.5 Å². The van der Waals surface area contributed by atoms with Gasteiger partial charge in [-0.2, -0.15) is 0 Å². The topological polar surface area (TPSA) is 55.1 Å². The monoisotopic (exact) mass is 392 g/mol. The molecule has 1 N–H and O–H groups in total. The van der Waals surface area contributed by atoms with Crippen molar-refractivity contribution in [2.75, 3.05) is 5.32 Å². The lowest BCUT2D eigenvalue weighted by Gasteiger charge is -2.01. The Morgan fingerprint density at radius 1 is 1.38 bits per heavy atom. The summed E-state index contributed by atoms with van der Waals surface area (Å²) in [6, 6.07) is 6.85. The summed E-state index contributed by atoms with van der Waals surface area (Å²) in [6.45, 7) is 0. The van der Waals surface area contributed by atoms with Gasteiger partial charge in [-0.05, 0) is 62.8 Å². The molecule has 4 nitrogen and oxygen atoms in total. The summed E-state index contributed by atoms with van der Waals surface area (Å²) >= 11 is 5.28. The van der Waals surface area contributed by atoms with Crippen LogP contribution in [0.3, 0.4) is 0 Å². The highest BCUT2D eigenvalue weighted by atomic mass is 127. The van der Waals surface area contributed by atoms with Gasteiger partial charge in [-0.3, -0.25) is 4.79 Å². The van der Waals surface area contributed by atoms with Gasteiger partial charge >= 0.3 is 0 Å². The number of hydrogen-bond donors (Lipinski definition) is 1. The number of aromatic nitrogens is 1. The Bertz CT molecular complexity index is 510. The molecular formula is C10H6BrIN2O2. The van der Waals surface area contributed by atoms with E-state index in [1.807, 2.05) is 6.07 Å². The second-order valence-electron chi connectivity index (χ2n) is 2.92. The van der Waals surface area contributed by atoms with Crippen LogP contribution in [-0.4, -0.2) is 10.9 Å². The molecule has 2 rings (SSSR count). The third-order valence-electron chi connectivity index (χ3n) is 1.77. The van der Waals surface area contributed by atoms with Gasteiger partial charge in [-0.25, -0.2) is 4.98 Å². The van der Waals surface area contributed by atoms with Gasteiger partial charge in [0, 0.05) is 9.77 Å². The lowest BCUT2D eigenvalue weighted by molar-refractivity contribution is 0.0995. The Kier molecular flexibility index (Phi) is 3.59. The highest BCUT2D eigenvalue weighted by Crippen LogP contribution is 2.15. The van der Waals surface area contributed by atoms with Crippen molar-refractivity contribution in [1.82, 2.24) is 4.98 Å². The van der Waals surface area contributed by atoms with Crippen LogP contribution in [-0.2, 0) is 0 Å². The molecule has 0 fully saturated rings. The summed E-state index contributed by atoms with van der Waals surface area (Å²) in [7, 11) is 0. The standard InChI is InChI=1S/C10H6BrIN2O2/c11-8-3-2-7(16-8)10(15)14-9-4-1-6(12)5-13-9/h1-5H,(H,13,14,15). The molecule has 6 heteroatoms. The number of furan rings is 1. The van der Waals surface area contributed by atoms with Gasteiger partial charge in [0.15, 0.2) is 10.4 Å². The molecule has 0 aliphatic heterocycles. The zero-order valence-electron chi connectivity index (χ0n) is 7.91. The SMILES string of the molecule is O=C(Nc1ccc(I)cn1)c1ccc(Br)o1. The Labute approximate surface area is 114 Å². The summed E-state index contributed by atoms with van der Waals surface area (Å²) in [4.78, 5) is 15.7. The predicted molar refractivity (Wildman–Crippen MR) is 71.3 cm³/mol. The molecule has 2 aromatic heterocycles. The van der Waals surface area contributed by atoms with Crippen LogP contribution in [0.15, 0.2) is 39.5 Å². The maximum absolute atomic E-state index is 11.6. The number of amides is 1. The van der Waals surface area contributed by atoms with Crippen LogP contribution in [0, 0.1) is 3.57 Å². The fourth-order valence-corrected chi connectivity index (χ4v) is 1.69. The van der Waals surface area contributed by atoms with Gasteiger partial charge in [0.25, 0.3) is 5.91 Å². The average Bonchev–Trinajstić information content (AvgIpc) is 2.68. The molecule has 0 aliphatic rings. The lowest BCUT2D eigenvalue weighted by atomic mass is 10.4. The van der Waals surface area contributed by atoms with Crippen LogP contribution in [0.5, 0.6) is 0 Å². The van der Waals surface area contributed by atoms with Crippen molar-refractivity contribution < 1.29 is 9.21 Å². The van der Waals surface area contributed by atoms with Gasteiger partial charge in [-0.1, -0.05) is 0 Å². The minimum atomic E-state index is -0.320. The smallest absolute Gasteiger partial charge is 0.292 e. The minimum Gasteiger partial charge on any atom is -0.444 e.